The van der Waals surface area contributed by atoms with Crippen molar-refractivity contribution in [2.75, 3.05) is 0 Å². The predicted molar refractivity (Wildman–Crippen MR) is 88.8 cm³/mol. The van der Waals surface area contributed by atoms with Crippen LogP contribution >= 0.6 is 45.8 Å². The molecular formula is C14H11Cl2IN2O. The Bertz CT molecular complexity index is 705. The topological polar surface area (TPSA) is 45.8 Å². The van der Waals surface area contributed by atoms with Crippen molar-refractivity contribution in [3.63, 3.8) is 0 Å². The lowest BCUT2D eigenvalue weighted by atomic mass is 10.1. The lowest BCUT2D eigenvalue weighted by Gasteiger charge is -2.08. The Kier molecular flexibility index (Phi) is 4.06. The number of rotatable bonds is 3. The van der Waals surface area contributed by atoms with Crippen LogP contribution in [-0.2, 0) is 6.42 Å². The summed E-state index contributed by atoms with van der Waals surface area (Å²) in [6.07, 6.45) is 2.65. The van der Waals surface area contributed by atoms with Gasteiger partial charge < -0.3 is 4.98 Å². The van der Waals surface area contributed by atoms with Crippen LogP contribution in [0.25, 0.3) is 0 Å². The maximum absolute atomic E-state index is 12.0. The SMILES string of the molecule is O=c1[nH]c(Cc2c(Cl)cccc2Cl)nc(C2CC2)c1I. The van der Waals surface area contributed by atoms with Gasteiger partial charge in [0.25, 0.3) is 5.56 Å². The van der Waals surface area contributed by atoms with Crippen LogP contribution in [0.1, 0.15) is 35.8 Å². The van der Waals surface area contributed by atoms with Crippen LogP contribution in [0.4, 0.5) is 0 Å². The van der Waals surface area contributed by atoms with Gasteiger partial charge in [0, 0.05) is 22.4 Å². The molecule has 1 N–H and O–H groups in total. The molecule has 1 aromatic heterocycles. The lowest BCUT2D eigenvalue weighted by Crippen LogP contribution is -2.18. The van der Waals surface area contributed by atoms with Crippen molar-refractivity contribution in [1.29, 1.82) is 0 Å². The number of H-pyrrole nitrogens is 1. The Morgan fingerprint density at radius 1 is 1.30 bits per heavy atom. The van der Waals surface area contributed by atoms with Crippen LogP contribution in [0.3, 0.4) is 0 Å². The zero-order valence-electron chi connectivity index (χ0n) is 10.4. The van der Waals surface area contributed by atoms with Crippen LogP contribution < -0.4 is 5.56 Å². The van der Waals surface area contributed by atoms with Crippen molar-refractivity contribution in [3.8, 4) is 0 Å². The summed E-state index contributed by atoms with van der Waals surface area (Å²) in [7, 11) is 0. The van der Waals surface area contributed by atoms with Crippen LogP contribution in [0, 0.1) is 3.57 Å². The van der Waals surface area contributed by atoms with Gasteiger partial charge >= 0.3 is 0 Å². The quantitative estimate of drug-likeness (QED) is 0.758. The van der Waals surface area contributed by atoms with Gasteiger partial charge in [-0.2, -0.15) is 0 Å². The molecule has 104 valence electrons. The number of nitrogens with zero attached hydrogens (tertiary/aromatic N) is 1. The number of hydrogen-bond donors (Lipinski definition) is 1. The molecule has 0 atom stereocenters. The molecule has 1 aliphatic rings. The standard InChI is InChI=1S/C14H11Cl2IN2O/c15-9-2-1-3-10(16)8(9)6-11-18-13(7-4-5-7)12(17)14(20)19-11/h1-3,7H,4-6H2,(H,18,19,20). The van der Waals surface area contributed by atoms with Crippen molar-refractivity contribution in [1.82, 2.24) is 9.97 Å². The average molecular weight is 421 g/mol. The fourth-order valence-corrected chi connectivity index (χ4v) is 3.33. The number of aromatic amines is 1. The van der Waals surface area contributed by atoms with Gasteiger partial charge in [-0.25, -0.2) is 4.98 Å². The molecule has 20 heavy (non-hydrogen) atoms. The smallest absolute Gasteiger partial charge is 0.264 e. The normalized spacial score (nSPS) is 14.6. The molecule has 6 heteroatoms. The van der Waals surface area contributed by atoms with Gasteiger partial charge in [0.15, 0.2) is 0 Å². The first-order valence-corrected chi connectivity index (χ1v) is 8.11. The van der Waals surface area contributed by atoms with Gasteiger partial charge in [0.1, 0.15) is 5.82 Å². The highest BCUT2D eigenvalue weighted by Gasteiger charge is 2.28. The van der Waals surface area contributed by atoms with Crippen molar-refractivity contribution in [3.05, 3.63) is 59.3 Å². The Morgan fingerprint density at radius 3 is 2.55 bits per heavy atom. The summed E-state index contributed by atoms with van der Waals surface area (Å²) in [6, 6.07) is 5.37. The molecule has 3 nitrogen and oxygen atoms in total. The van der Waals surface area contributed by atoms with Crippen molar-refractivity contribution >= 4 is 45.8 Å². The number of aromatic nitrogens is 2. The third-order valence-corrected chi connectivity index (χ3v) is 5.06. The van der Waals surface area contributed by atoms with Crippen LogP contribution in [0.15, 0.2) is 23.0 Å². The Hall–Kier alpha value is -0.590. The molecule has 2 aromatic rings. The molecule has 0 amide bonds. The molecule has 1 aromatic carbocycles. The van der Waals surface area contributed by atoms with E-state index in [1.165, 1.54) is 0 Å². The summed E-state index contributed by atoms with van der Waals surface area (Å²) < 4.78 is 0.694. The Balaban J connectivity index is 2.01. The maximum atomic E-state index is 12.0. The summed E-state index contributed by atoms with van der Waals surface area (Å²) in [5.41, 5.74) is 1.62. The highest BCUT2D eigenvalue weighted by molar-refractivity contribution is 14.1. The second kappa shape index (κ2) is 5.66. The fraction of sp³-hybridized carbons (Fsp3) is 0.286. The molecule has 1 fully saturated rings. The monoisotopic (exact) mass is 420 g/mol. The minimum absolute atomic E-state index is 0.0827. The fourth-order valence-electron chi connectivity index (χ4n) is 2.10. The molecule has 0 spiro atoms. The Morgan fingerprint density at radius 2 is 1.95 bits per heavy atom. The van der Waals surface area contributed by atoms with Crippen molar-refractivity contribution in [2.24, 2.45) is 0 Å². The second-order valence-corrected chi connectivity index (χ2v) is 6.76. The summed E-state index contributed by atoms with van der Waals surface area (Å²) in [4.78, 5) is 19.4. The molecule has 0 aliphatic heterocycles. The highest BCUT2D eigenvalue weighted by atomic mass is 127. The summed E-state index contributed by atoms with van der Waals surface area (Å²) in [5, 5.41) is 1.18. The molecule has 1 aliphatic carbocycles. The van der Waals surface area contributed by atoms with Gasteiger partial charge in [-0.1, -0.05) is 29.3 Å². The van der Waals surface area contributed by atoms with Crippen molar-refractivity contribution in [2.45, 2.75) is 25.2 Å². The summed E-state index contributed by atoms with van der Waals surface area (Å²) in [5.74, 6) is 1.05. The summed E-state index contributed by atoms with van der Waals surface area (Å²) >= 11 is 14.4. The van der Waals surface area contributed by atoms with E-state index in [4.69, 9.17) is 23.2 Å². The average Bonchev–Trinajstić information content (AvgIpc) is 3.22. The third-order valence-electron chi connectivity index (χ3n) is 3.31. The number of halogens is 3. The van der Waals surface area contributed by atoms with Gasteiger partial charge in [-0.05, 0) is 53.1 Å². The van der Waals surface area contributed by atoms with Crippen LogP contribution in [0.2, 0.25) is 10.0 Å². The van der Waals surface area contributed by atoms with E-state index in [9.17, 15) is 4.79 Å². The molecule has 3 rings (SSSR count). The van der Waals surface area contributed by atoms with Crippen LogP contribution in [-0.4, -0.2) is 9.97 Å². The van der Waals surface area contributed by atoms with E-state index in [0.717, 1.165) is 24.1 Å². The van der Waals surface area contributed by atoms with E-state index >= 15 is 0 Å². The minimum Gasteiger partial charge on any atom is -0.309 e. The zero-order chi connectivity index (χ0) is 14.3. The van der Waals surface area contributed by atoms with Crippen LogP contribution in [0.5, 0.6) is 0 Å². The van der Waals surface area contributed by atoms with Crippen molar-refractivity contribution < 1.29 is 0 Å². The number of hydrogen-bond acceptors (Lipinski definition) is 2. The molecular weight excluding hydrogens is 410 g/mol. The molecule has 0 bridgehead atoms. The van der Waals surface area contributed by atoms with E-state index in [2.05, 4.69) is 32.6 Å². The third kappa shape index (κ3) is 2.87. The predicted octanol–water partition coefficient (Wildman–Crippen LogP) is 4.15. The van der Waals surface area contributed by atoms with E-state index in [-0.39, 0.29) is 5.56 Å². The zero-order valence-corrected chi connectivity index (χ0v) is 14.1. The molecule has 1 saturated carbocycles. The molecule has 0 saturated heterocycles. The van der Waals surface area contributed by atoms with Gasteiger partial charge in [0.2, 0.25) is 0 Å². The van der Waals surface area contributed by atoms with E-state index in [0.29, 0.717) is 31.8 Å². The Labute approximate surface area is 139 Å². The summed E-state index contributed by atoms with van der Waals surface area (Å²) in [6.45, 7) is 0. The molecule has 0 unspecified atom stereocenters. The highest BCUT2D eigenvalue weighted by Crippen LogP contribution is 2.40. The first-order valence-electron chi connectivity index (χ1n) is 6.27. The van der Waals surface area contributed by atoms with Gasteiger partial charge in [0.05, 0.1) is 9.26 Å². The van der Waals surface area contributed by atoms with E-state index in [1.807, 2.05) is 0 Å². The molecule has 0 radical (unpaired) electrons. The van der Waals surface area contributed by atoms with Gasteiger partial charge in [-0.3, -0.25) is 4.79 Å². The van der Waals surface area contributed by atoms with Gasteiger partial charge in [-0.15, -0.1) is 0 Å². The second-order valence-electron chi connectivity index (χ2n) is 4.86. The maximum Gasteiger partial charge on any atom is 0.264 e. The molecule has 1 heterocycles. The largest absolute Gasteiger partial charge is 0.309 e. The first kappa shape index (κ1) is 14.4. The first-order chi connectivity index (χ1) is 9.56. The van der Waals surface area contributed by atoms with E-state index < -0.39 is 0 Å². The lowest BCUT2D eigenvalue weighted by molar-refractivity contribution is 0.870. The number of benzene rings is 1. The van der Waals surface area contributed by atoms with E-state index in [1.54, 1.807) is 18.2 Å². The minimum atomic E-state index is -0.0827. The number of nitrogens with one attached hydrogen (secondary N) is 1.